The number of carbonyl (C=O) groups is 3. The lowest BCUT2D eigenvalue weighted by atomic mass is 9.93. The molecule has 0 bridgehead atoms. The van der Waals surface area contributed by atoms with Crippen molar-refractivity contribution in [2.45, 2.75) is 63.1 Å². The summed E-state index contributed by atoms with van der Waals surface area (Å²) < 4.78 is 16.5. The van der Waals surface area contributed by atoms with Crippen LogP contribution in [-0.4, -0.2) is 98.7 Å². The molecular formula is C23H31NO11. The van der Waals surface area contributed by atoms with Gasteiger partial charge in [0.05, 0.1) is 30.3 Å². The number of ether oxygens (including phenoxy) is 3. The molecule has 12 nitrogen and oxygen atoms in total. The third-order valence-corrected chi connectivity index (χ3v) is 6.29. The molecule has 0 aromatic heterocycles. The highest BCUT2D eigenvalue weighted by Gasteiger charge is 2.41. The molecule has 5 unspecified atom stereocenters. The predicted octanol–water partition coefficient (Wildman–Crippen LogP) is 0.709. The van der Waals surface area contributed by atoms with Crippen molar-refractivity contribution in [2.24, 2.45) is 5.92 Å². The molecule has 2 saturated heterocycles. The maximum absolute atomic E-state index is 12.5. The number of piperidine rings is 1. The number of rotatable bonds is 8. The molecule has 0 aliphatic carbocycles. The lowest BCUT2D eigenvalue weighted by molar-refractivity contribution is -0.218. The van der Waals surface area contributed by atoms with Gasteiger partial charge in [-0.3, -0.25) is 4.79 Å². The molecule has 2 fully saturated rings. The molecule has 2 aliphatic rings. The van der Waals surface area contributed by atoms with Crippen LogP contribution in [0, 0.1) is 5.92 Å². The van der Waals surface area contributed by atoms with Crippen LogP contribution >= 0.6 is 0 Å². The van der Waals surface area contributed by atoms with Gasteiger partial charge in [0, 0.05) is 19.2 Å². The van der Waals surface area contributed by atoms with E-state index in [1.165, 1.54) is 23.1 Å². The zero-order chi connectivity index (χ0) is 25.7. The zero-order valence-corrected chi connectivity index (χ0v) is 19.3. The van der Waals surface area contributed by atoms with E-state index in [2.05, 4.69) is 0 Å². The standard InChI is InChI=1S/C23H31NO11/c1-12-18(25)20(27)19(26)17(34-12)3-2-8-33-15-9-14(22(30)31)10-16(11-15)35-23(32)24-6-4-13(5-7-24)21(28)29/h9-13,17-20,25-27H,2-8H2,1H3,(H,28,29)(H,30,31). The van der Waals surface area contributed by atoms with Crippen LogP contribution in [0.15, 0.2) is 18.2 Å². The molecule has 0 radical (unpaired) electrons. The number of carbonyl (C=O) groups excluding carboxylic acids is 1. The average molecular weight is 497 g/mol. The van der Waals surface area contributed by atoms with E-state index in [1.54, 1.807) is 6.92 Å². The number of aliphatic hydroxyl groups is 3. The quantitative estimate of drug-likeness (QED) is 0.319. The first-order valence-corrected chi connectivity index (χ1v) is 11.5. The molecule has 5 N–H and O–H groups in total. The minimum Gasteiger partial charge on any atom is -0.493 e. The number of benzene rings is 1. The summed E-state index contributed by atoms with van der Waals surface area (Å²) in [6, 6.07) is 3.85. The molecule has 1 aromatic carbocycles. The van der Waals surface area contributed by atoms with Crippen LogP contribution in [0.3, 0.4) is 0 Å². The van der Waals surface area contributed by atoms with Gasteiger partial charge >= 0.3 is 18.0 Å². The minimum absolute atomic E-state index is 0.0257. The Morgan fingerprint density at radius 1 is 1.00 bits per heavy atom. The Balaban J connectivity index is 1.55. The summed E-state index contributed by atoms with van der Waals surface area (Å²) in [4.78, 5) is 36.4. The summed E-state index contributed by atoms with van der Waals surface area (Å²) in [5.41, 5.74) is -0.146. The third kappa shape index (κ3) is 6.82. The number of carboxylic acid groups (broad SMARTS) is 2. The summed E-state index contributed by atoms with van der Waals surface area (Å²) >= 11 is 0. The Morgan fingerprint density at radius 3 is 2.29 bits per heavy atom. The highest BCUT2D eigenvalue weighted by molar-refractivity contribution is 5.89. The first kappa shape index (κ1) is 26.7. The van der Waals surface area contributed by atoms with Gasteiger partial charge in [0.15, 0.2) is 0 Å². The van der Waals surface area contributed by atoms with Gasteiger partial charge in [0.2, 0.25) is 0 Å². The van der Waals surface area contributed by atoms with Gasteiger partial charge in [-0.1, -0.05) is 0 Å². The highest BCUT2D eigenvalue weighted by Crippen LogP contribution is 2.27. The van der Waals surface area contributed by atoms with Gasteiger partial charge in [0.1, 0.15) is 29.8 Å². The summed E-state index contributed by atoms with van der Waals surface area (Å²) in [6.45, 7) is 2.16. The van der Waals surface area contributed by atoms with Gasteiger partial charge in [-0.15, -0.1) is 0 Å². The minimum atomic E-state index is -1.32. The van der Waals surface area contributed by atoms with E-state index in [1.807, 2.05) is 0 Å². The lowest BCUT2D eigenvalue weighted by Crippen LogP contribution is -2.56. The first-order valence-electron chi connectivity index (χ1n) is 11.5. The molecule has 5 atom stereocenters. The molecule has 1 amide bonds. The average Bonchev–Trinajstić information content (AvgIpc) is 2.83. The number of hydrogen-bond acceptors (Lipinski definition) is 9. The number of aliphatic carboxylic acids is 1. The summed E-state index contributed by atoms with van der Waals surface area (Å²) in [5.74, 6) is -2.52. The highest BCUT2D eigenvalue weighted by atomic mass is 16.6. The van der Waals surface area contributed by atoms with E-state index >= 15 is 0 Å². The van der Waals surface area contributed by atoms with Gasteiger partial charge in [-0.2, -0.15) is 0 Å². The van der Waals surface area contributed by atoms with Crippen molar-refractivity contribution >= 4 is 18.0 Å². The van der Waals surface area contributed by atoms with Crippen molar-refractivity contribution < 1.29 is 54.1 Å². The molecule has 12 heteroatoms. The third-order valence-electron chi connectivity index (χ3n) is 6.29. The second-order valence-corrected chi connectivity index (χ2v) is 8.81. The number of nitrogens with zero attached hydrogens (tertiary/aromatic N) is 1. The van der Waals surface area contributed by atoms with Crippen molar-refractivity contribution in [1.29, 1.82) is 0 Å². The molecule has 194 valence electrons. The van der Waals surface area contributed by atoms with Gasteiger partial charge < -0.3 is 44.6 Å². The molecule has 0 saturated carbocycles. The van der Waals surface area contributed by atoms with E-state index in [9.17, 15) is 34.8 Å². The molecule has 0 spiro atoms. The normalized spacial score (nSPS) is 27.3. The van der Waals surface area contributed by atoms with Crippen LogP contribution < -0.4 is 9.47 Å². The largest absolute Gasteiger partial charge is 0.493 e. The Bertz CT molecular complexity index is 915. The maximum atomic E-state index is 12.5. The second kappa shape index (κ2) is 11.7. The Morgan fingerprint density at radius 2 is 1.66 bits per heavy atom. The molecule has 3 rings (SSSR count). The number of aliphatic hydroxyl groups excluding tert-OH is 3. The Kier molecular flexibility index (Phi) is 8.89. The summed E-state index contributed by atoms with van der Waals surface area (Å²) in [6.07, 6.45) is -4.46. The SMILES string of the molecule is CC1OC(CCCOc2cc(OC(=O)N3CCC(C(=O)O)CC3)cc(C(=O)O)c2)C(O)C(O)C1O. The molecule has 2 aliphatic heterocycles. The monoisotopic (exact) mass is 497 g/mol. The van der Waals surface area contributed by atoms with E-state index in [0.717, 1.165) is 0 Å². The molecule has 35 heavy (non-hydrogen) atoms. The Labute approximate surface area is 201 Å². The lowest BCUT2D eigenvalue weighted by Gasteiger charge is -2.39. The van der Waals surface area contributed by atoms with Crippen LogP contribution in [0.1, 0.15) is 43.0 Å². The van der Waals surface area contributed by atoms with Crippen LogP contribution in [0.25, 0.3) is 0 Å². The van der Waals surface area contributed by atoms with E-state index in [0.29, 0.717) is 25.7 Å². The fourth-order valence-electron chi connectivity index (χ4n) is 4.16. The smallest absolute Gasteiger partial charge is 0.415 e. The van der Waals surface area contributed by atoms with Crippen LogP contribution in [0.2, 0.25) is 0 Å². The van der Waals surface area contributed by atoms with Gasteiger partial charge in [-0.05, 0) is 44.7 Å². The van der Waals surface area contributed by atoms with Crippen molar-refractivity contribution in [3.05, 3.63) is 23.8 Å². The van der Waals surface area contributed by atoms with Crippen molar-refractivity contribution in [1.82, 2.24) is 4.90 Å². The van der Waals surface area contributed by atoms with Crippen LogP contribution in [0.5, 0.6) is 11.5 Å². The van der Waals surface area contributed by atoms with Crippen LogP contribution in [-0.2, 0) is 9.53 Å². The van der Waals surface area contributed by atoms with Gasteiger partial charge in [0.25, 0.3) is 0 Å². The Hall–Kier alpha value is -2.93. The number of amides is 1. The van der Waals surface area contributed by atoms with E-state index in [4.69, 9.17) is 19.3 Å². The molecule has 2 heterocycles. The van der Waals surface area contributed by atoms with Crippen molar-refractivity contribution in [3.8, 4) is 11.5 Å². The van der Waals surface area contributed by atoms with E-state index < -0.39 is 54.5 Å². The zero-order valence-electron chi connectivity index (χ0n) is 19.3. The molecule has 1 aromatic rings. The second-order valence-electron chi connectivity index (χ2n) is 8.81. The maximum Gasteiger partial charge on any atom is 0.415 e. The number of aromatic carboxylic acids is 1. The fourth-order valence-corrected chi connectivity index (χ4v) is 4.16. The number of likely N-dealkylation sites (tertiary alicyclic amines) is 1. The fraction of sp³-hybridized carbons (Fsp3) is 0.609. The van der Waals surface area contributed by atoms with Crippen LogP contribution in [0.4, 0.5) is 4.79 Å². The topological polar surface area (TPSA) is 183 Å². The van der Waals surface area contributed by atoms with Gasteiger partial charge in [-0.25, -0.2) is 9.59 Å². The summed E-state index contributed by atoms with van der Waals surface area (Å²) in [5, 5.41) is 48.2. The first-order chi connectivity index (χ1) is 16.6. The van der Waals surface area contributed by atoms with Crippen molar-refractivity contribution in [2.75, 3.05) is 19.7 Å². The molecular weight excluding hydrogens is 466 g/mol. The number of carboxylic acids is 2. The van der Waals surface area contributed by atoms with Crippen molar-refractivity contribution in [3.63, 3.8) is 0 Å². The predicted molar refractivity (Wildman–Crippen MR) is 118 cm³/mol. The summed E-state index contributed by atoms with van der Waals surface area (Å²) in [7, 11) is 0. The van der Waals surface area contributed by atoms with E-state index in [-0.39, 0.29) is 36.8 Å². The number of hydrogen-bond donors (Lipinski definition) is 5.